The summed E-state index contributed by atoms with van der Waals surface area (Å²) in [6.07, 6.45) is 1.58. The highest BCUT2D eigenvalue weighted by Crippen LogP contribution is 2.35. The van der Waals surface area contributed by atoms with Gasteiger partial charge in [-0.25, -0.2) is 0 Å². The number of benzene rings is 2. The molecule has 1 heterocycles. The highest BCUT2D eigenvalue weighted by Gasteiger charge is 2.36. The first-order valence-electron chi connectivity index (χ1n) is 7.43. The summed E-state index contributed by atoms with van der Waals surface area (Å²) in [5.74, 6) is -0.334. The number of carbonyl (C=O) groups is 2. The molecule has 27 heavy (non-hydrogen) atoms. The first-order valence-corrected chi connectivity index (χ1v) is 10.4. The van der Waals surface area contributed by atoms with Crippen LogP contribution in [0.5, 0.6) is 5.75 Å². The summed E-state index contributed by atoms with van der Waals surface area (Å²) < 4.78 is 1.26. The van der Waals surface area contributed by atoms with Crippen molar-refractivity contribution in [1.82, 2.24) is 4.90 Å². The van der Waals surface area contributed by atoms with Crippen molar-refractivity contribution in [1.29, 1.82) is 0 Å². The van der Waals surface area contributed by atoms with E-state index in [0.29, 0.717) is 18.3 Å². The van der Waals surface area contributed by atoms with Crippen molar-refractivity contribution in [2.45, 2.75) is 6.54 Å². The van der Waals surface area contributed by atoms with Crippen LogP contribution in [0.4, 0.5) is 10.5 Å². The molecule has 138 valence electrons. The van der Waals surface area contributed by atoms with Crippen LogP contribution < -0.4 is 0 Å². The quantitative estimate of drug-likeness (QED) is 0.233. The number of hydrogen-bond donors (Lipinski definition) is 1. The van der Waals surface area contributed by atoms with E-state index >= 15 is 0 Å². The first kappa shape index (κ1) is 20.1. The smallest absolute Gasteiger partial charge is 0.293 e. The molecule has 1 aliphatic rings. The summed E-state index contributed by atoms with van der Waals surface area (Å²) in [4.78, 5) is 36.7. The molecule has 2 aromatic carbocycles. The molecule has 1 saturated heterocycles. The number of amides is 2. The van der Waals surface area contributed by atoms with E-state index in [4.69, 9.17) is 0 Å². The SMILES string of the molecule is O=C1S/C(=C/c2cc(I)c(O)c(I)c2)C(=O)N1Cc1ccccc1[N+](=O)[O-]. The average molecular weight is 608 g/mol. The minimum atomic E-state index is -0.537. The van der Waals surface area contributed by atoms with E-state index in [1.807, 2.05) is 45.2 Å². The minimum absolute atomic E-state index is 0.136. The van der Waals surface area contributed by atoms with Crippen LogP contribution in [0.1, 0.15) is 11.1 Å². The Morgan fingerprint density at radius 3 is 2.44 bits per heavy atom. The molecule has 0 saturated carbocycles. The van der Waals surface area contributed by atoms with Crippen molar-refractivity contribution in [3.63, 3.8) is 0 Å². The van der Waals surface area contributed by atoms with Crippen molar-refractivity contribution >= 4 is 79.9 Å². The van der Waals surface area contributed by atoms with Gasteiger partial charge in [0.25, 0.3) is 16.8 Å². The van der Waals surface area contributed by atoms with Crippen molar-refractivity contribution in [2.24, 2.45) is 0 Å². The highest BCUT2D eigenvalue weighted by atomic mass is 127. The monoisotopic (exact) mass is 608 g/mol. The second-order valence-corrected chi connectivity index (χ2v) is 8.80. The number of nitrogens with zero attached hydrogens (tertiary/aromatic N) is 2. The number of phenolic OH excluding ortho intramolecular Hbond substituents is 1. The maximum absolute atomic E-state index is 12.6. The third-order valence-corrected chi connectivity index (χ3v) is 6.28. The number of phenols is 1. The maximum Gasteiger partial charge on any atom is 0.293 e. The van der Waals surface area contributed by atoms with E-state index in [0.717, 1.165) is 16.7 Å². The zero-order chi connectivity index (χ0) is 19.7. The van der Waals surface area contributed by atoms with Gasteiger partial charge >= 0.3 is 0 Å². The zero-order valence-electron chi connectivity index (χ0n) is 13.4. The molecule has 2 aromatic rings. The van der Waals surface area contributed by atoms with Crippen LogP contribution in [0, 0.1) is 17.3 Å². The lowest BCUT2D eigenvalue weighted by Gasteiger charge is -2.12. The molecule has 0 aliphatic carbocycles. The molecule has 3 rings (SSSR count). The highest BCUT2D eigenvalue weighted by molar-refractivity contribution is 14.1. The van der Waals surface area contributed by atoms with E-state index < -0.39 is 16.1 Å². The number of rotatable bonds is 4. The van der Waals surface area contributed by atoms with Crippen LogP contribution in [0.2, 0.25) is 0 Å². The molecular formula is C17H10I2N2O5S. The van der Waals surface area contributed by atoms with Crippen molar-refractivity contribution < 1.29 is 19.6 Å². The molecule has 0 unspecified atom stereocenters. The Labute approximate surface area is 185 Å². The molecular weight excluding hydrogens is 598 g/mol. The van der Waals surface area contributed by atoms with Crippen LogP contribution in [-0.4, -0.2) is 26.1 Å². The number of para-hydroxylation sites is 1. The summed E-state index contributed by atoms with van der Waals surface area (Å²) in [5.41, 5.74) is 0.834. The predicted octanol–water partition coefficient (Wildman–Crippen LogP) is 4.75. The second-order valence-electron chi connectivity index (χ2n) is 5.49. The molecule has 0 atom stereocenters. The number of nitro benzene ring substituents is 1. The Balaban J connectivity index is 1.89. The van der Waals surface area contributed by atoms with E-state index in [2.05, 4.69) is 0 Å². The fourth-order valence-corrected chi connectivity index (χ4v) is 5.10. The Bertz CT molecular complexity index is 986. The van der Waals surface area contributed by atoms with E-state index in [9.17, 15) is 24.8 Å². The first-order chi connectivity index (χ1) is 12.8. The second kappa shape index (κ2) is 8.14. The van der Waals surface area contributed by atoms with E-state index in [1.54, 1.807) is 24.3 Å². The Hall–Kier alpha value is -1.67. The number of imide groups is 1. The lowest BCUT2D eigenvalue weighted by molar-refractivity contribution is -0.385. The predicted molar refractivity (Wildman–Crippen MR) is 118 cm³/mol. The lowest BCUT2D eigenvalue weighted by Crippen LogP contribution is -2.27. The van der Waals surface area contributed by atoms with Gasteiger partial charge in [0.2, 0.25) is 0 Å². The van der Waals surface area contributed by atoms with E-state index in [-0.39, 0.29) is 22.9 Å². The number of hydrogen-bond acceptors (Lipinski definition) is 6. The van der Waals surface area contributed by atoms with Crippen molar-refractivity contribution in [2.75, 3.05) is 0 Å². The third-order valence-electron chi connectivity index (χ3n) is 3.73. The Morgan fingerprint density at radius 1 is 1.19 bits per heavy atom. The van der Waals surface area contributed by atoms with Crippen LogP contribution in [0.15, 0.2) is 41.3 Å². The van der Waals surface area contributed by atoms with E-state index in [1.165, 1.54) is 18.2 Å². The number of thioether (sulfide) groups is 1. The summed E-state index contributed by atoms with van der Waals surface area (Å²) in [6.45, 7) is -0.163. The molecule has 1 N–H and O–H groups in total. The Morgan fingerprint density at radius 2 is 1.81 bits per heavy atom. The van der Waals surface area contributed by atoms with Crippen LogP contribution >= 0.6 is 56.9 Å². The van der Waals surface area contributed by atoms with Gasteiger partial charge in [-0.05, 0) is 80.7 Å². The number of halogens is 2. The molecule has 1 fully saturated rings. The molecule has 0 radical (unpaired) electrons. The van der Waals surface area contributed by atoms with Gasteiger partial charge in [-0.2, -0.15) is 0 Å². The summed E-state index contributed by atoms with van der Waals surface area (Å²) in [7, 11) is 0. The van der Waals surface area contributed by atoms with Crippen molar-refractivity contribution in [3.8, 4) is 5.75 Å². The number of nitro groups is 1. The van der Waals surface area contributed by atoms with Gasteiger partial charge < -0.3 is 5.11 Å². The Kier molecular flexibility index (Phi) is 6.05. The third kappa shape index (κ3) is 4.27. The van der Waals surface area contributed by atoms with Gasteiger partial charge in [0.15, 0.2) is 0 Å². The summed E-state index contributed by atoms with van der Waals surface area (Å²) in [5, 5.41) is 20.5. The molecule has 1 aliphatic heterocycles. The number of aromatic hydroxyl groups is 1. The van der Waals surface area contributed by atoms with Crippen LogP contribution in [0.3, 0.4) is 0 Å². The maximum atomic E-state index is 12.6. The molecule has 0 bridgehead atoms. The standard InChI is InChI=1S/C17H10I2N2O5S/c18-11-5-9(6-12(19)15(11)22)7-14-16(23)20(17(24)27-14)8-10-3-1-2-4-13(10)21(25)26/h1-7,22H,8H2/b14-7+. The number of carbonyl (C=O) groups excluding carboxylic acids is 2. The fourth-order valence-electron chi connectivity index (χ4n) is 2.45. The van der Waals surface area contributed by atoms with Gasteiger partial charge in [0, 0.05) is 11.6 Å². The molecule has 2 amide bonds. The van der Waals surface area contributed by atoms with Crippen molar-refractivity contribution in [3.05, 3.63) is 69.7 Å². The topological polar surface area (TPSA) is 101 Å². The summed E-state index contributed by atoms with van der Waals surface area (Å²) >= 11 is 4.75. The summed E-state index contributed by atoms with van der Waals surface area (Å²) in [6, 6.07) is 9.42. The van der Waals surface area contributed by atoms with Gasteiger partial charge in [-0.15, -0.1) is 0 Å². The largest absolute Gasteiger partial charge is 0.506 e. The van der Waals surface area contributed by atoms with Gasteiger partial charge in [-0.3, -0.25) is 24.6 Å². The lowest BCUT2D eigenvalue weighted by atomic mass is 10.1. The van der Waals surface area contributed by atoms with Gasteiger partial charge in [0.05, 0.1) is 23.5 Å². The normalized spacial score (nSPS) is 15.6. The minimum Gasteiger partial charge on any atom is -0.506 e. The van der Waals surface area contributed by atoms with Crippen LogP contribution in [0.25, 0.3) is 6.08 Å². The fraction of sp³-hybridized carbons (Fsp3) is 0.0588. The average Bonchev–Trinajstić information content (AvgIpc) is 2.87. The van der Waals surface area contributed by atoms with Gasteiger partial charge in [-0.1, -0.05) is 18.2 Å². The van der Waals surface area contributed by atoms with Crippen LogP contribution in [-0.2, 0) is 11.3 Å². The molecule has 10 heteroatoms. The molecule has 0 spiro atoms. The zero-order valence-corrected chi connectivity index (χ0v) is 18.5. The van der Waals surface area contributed by atoms with Gasteiger partial charge in [0.1, 0.15) is 5.75 Å². The molecule has 0 aromatic heterocycles. The molecule has 7 nitrogen and oxygen atoms in total.